The van der Waals surface area contributed by atoms with Crippen LogP contribution in [0.15, 0.2) is 4.99 Å². The van der Waals surface area contributed by atoms with E-state index in [1.54, 1.807) is 0 Å². The SMILES string of the molecule is CCNC(=NCc1nnc2n1CCCC2)NCCCOCC1CC1.I. The molecular weight excluding hydrogens is 431 g/mol. The van der Waals surface area contributed by atoms with Gasteiger partial charge in [0.1, 0.15) is 12.4 Å². The van der Waals surface area contributed by atoms with Gasteiger partial charge < -0.3 is 19.9 Å². The van der Waals surface area contributed by atoms with E-state index in [0.29, 0.717) is 6.54 Å². The van der Waals surface area contributed by atoms with Gasteiger partial charge in [-0.1, -0.05) is 0 Å². The van der Waals surface area contributed by atoms with Gasteiger partial charge in [0.15, 0.2) is 11.8 Å². The number of aromatic nitrogens is 3. The number of rotatable bonds is 9. The van der Waals surface area contributed by atoms with Crippen LogP contribution < -0.4 is 10.6 Å². The molecule has 2 aliphatic rings. The van der Waals surface area contributed by atoms with E-state index in [-0.39, 0.29) is 24.0 Å². The van der Waals surface area contributed by atoms with Crippen LogP contribution in [0.4, 0.5) is 0 Å². The molecule has 0 bridgehead atoms. The van der Waals surface area contributed by atoms with Crippen LogP contribution >= 0.6 is 24.0 Å². The van der Waals surface area contributed by atoms with Crippen LogP contribution in [-0.2, 0) is 24.2 Å². The summed E-state index contributed by atoms with van der Waals surface area (Å²) in [5.74, 6) is 3.76. The summed E-state index contributed by atoms with van der Waals surface area (Å²) in [7, 11) is 0. The molecule has 0 amide bonds. The number of nitrogens with one attached hydrogen (secondary N) is 2. The molecule has 3 rings (SSSR count). The van der Waals surface area contributed by atoms with Crippen LogP contribution in [0.25, 0.3) is 0 Å². The van der Waals surface area contributed by atoms with Crippen LogP contribution in [0.1, 0.15) is 50.7 Å². The molecule has 1 aliphatic carbocycles. The van der Waals surface area contributed by atoms with Gasteiger partial charge >= 0.3 is 0 Å². The summed E-state index contributed by atoms with van der Waals surface area (Å²) in [4.78, 5) is 4.65. The number of hydrogen-bond donors (Lipinski definition) is 2. The first-order valence-electron chi connectivity index (χ1n) is 9.37. The van der Waals surface area contributed by atoms with E-state index in [9.17, 15) is 0 Å². The molecule has 1 fully saturated rings. The van der Waals surface area contributed by atoms with Crippen molar-refractivity contribution < 1.29 is 4.74 Å². The number of aryl methyl sites for hydroxylation is 1. The number of fused-ring (bicyclic) bond motifs is 1. The topological polar surface area (TPSA) is 76.4 Å². The average Bonchev–Trinajstić information content (AvgIpc) is 3.34. The quantitative estimate of drug-likeness (QED) is 0.255. The fourth-order valence-corrected chi connectivity index (χ4v) is 2.89. The molecule has 0 atom stereocenters. The number of hydrogen-bond acceptors (Lipinski definition) is 4. The highest BCUT2D eigenvalue weighted by atomic mass is 127. The Kier molecular flexibility index (Phi) is 8.94. The molecule has 0 unspecified atom stereocenters. The third kappa shape index (κ3) is 6.73. The number of halogens is 1. The Morgan fingerprint density at radius 3 is 2.96 bits per heavy atom. The molecule has 1 aromatic rings. The second-order valence-corrected chi connectivity index (χ2v) is 6.63. The summed E-state index contributed by atoms with van der Waals surface area (Å²) in [6, 6.07) is 0. The van der Waals surface area contributed by atoms with E-state index in [4.69, 9.17) is 4.74 Å². The maximum Gasteiger partial charge on any atom is 0.191 e. The van der Waals surface area contributed by atoms with E-state index in [1.165, 1.54) is 25.7 Å². The minimum atomic E-state index is 0. The van der Waals surface area contributed by atoms with Crippen LogP contribution in [0.2, 0.25) is 0 Å². The zero-order chi connectivity index (χ0) is 16.6. The molecule has 7 nitrogen and oxygen atoms in total. The zero-order valence-electron chi connectivity index (χ0n) is 15.2. The first-order chi connectivity index (χ1) is 11.9. The van der Waals surface area contributed by atoms with Gasteiger partial charge in [0.05, 0.1) is 0 Å². The molecule has 1 aliphatic heterocycles. The summed E-state index contributed by atoms with van der Waals surface area (Å²) in [5, 5.41) is 15.2. The smallest absolute Gasteiger partial charge is 0.191 e. The average molecular weight is 462 g/mol. The molecule has 0 saturated heterocycles. The van der Waals surface area contributed by atoms with E-state index < -0.39 is 0 Å². The summed E-state index contributed by atoms with van der Waals surface area (Å²) < 4.78 is 7.88. The second-order valence-electron chi connectivity index (χ2n) is 6.63. The predicted molar refractivity (Wildman–Crippen MR) is 109 cm³/mol. The molecule has 0 radical (unpaired) electrons. The van der Waals surface area contributed by atoms with Gasteiger partial charge in [-0.2, -0.15) is 0 Å². The highest BCUT2D eigenvalue weighted by Gasteiger charge is 2.20. The minimum Gasteiger partial charge on any atom is -0.381 e. The van der Waals surface area contributed by atoms with E-state index in [2.05, 4.69) is 37.3 Å². The first kappa shape index (κ1) is 20.4. The van der Waals surface area contributed by atoms with Crippen molar-refractivity contribution in [3.05, 3.63) is 11.6 Å². The lowest BCUT2D eigenvalue weighted by molar-refractivity contribution is 0.123. The van der Waals surface area contributed by atoms with Gasteiger partial charge in [0, 0.05) is 39.3 Å². The van der Waals surface area contributed by atoms with Crippen molar-refractivity contribution in [1.82, 2.24) is 25.4 Å². The maximum absolute atomic E-state index is 5.66. The Morgan fingerprint density at radius 1 is 1.28 bits per heavy atom. The largest absolute Gasteiger partial charge is 0.381 e. The maximum atomic E-state index is 5.66. The van der Waals surface area contributed by atoms with Crippen molar-refractivity contribution in [2.45, 2.75) is 58.5 Å². The lowest BCUT2D eigenvalue weighted by atomic mass is 10.2. The number of guanidine groups is 1. The van der Waals surface area contributed by atoms with Gasteiger partial charge in [-0.15, -0.1) is 34.2 Å². The molecule has 2 N–H and O–H groups in total. The number of ether oxygens (including phenoxy) is 1. The lowest BCUT2D eigenvalue weighted by Gasteiger charge is -2.14. The highest BCUT2D eigenvalue weighted by Crippen LogP contribution is 2.28. The molecule has 1 aromatic heterocycles. The van der Waals surface area contributed by atoms with Crippen molar-refractivity contribution in [3.63, 3.8) is 0 Å². The van der Waals surface area contributed by atoms with Crippen molar-refractivity contribution >= 4 is 29.9 Å². The Bertz CT molecular complexity index is 543. The summed E-state index contributed by atoms with van der Waals surface area (Å²) in [6.07, 6.45) is 7.16. The summed E-state index contributed by atoms with van der Waals surface area (Å²) >= 11 is 0. The van der Waals surface area contributed by atoms with Gasteiger partial charge in [-0.3, -0.25) is 0 Å². The molecule has 142 valence electrons. The van der Waals surface area contributed by atoms with Crippen molar-refractivity contribution in [3.8, 4) is 0 Å². The van der Waals surface area contributed by atoms with Crippen LogP contribution in [0, 0.1) is 5.92 Å². The Labute approximate surface area is 167 Å². The van der Waals surface area contributed by atoms with Crippen LogP contribution in [0.5, 0.6) is 0 Å². The van der Waals surface area contributed by atoms with Crippen molar-refractivity contribution in [2.75, 3.05) is 26.3 Å². The van der Waals surface area contributed by atoms with Crippen LogP contribution in [-0.4, -0.2) is 47.0 Å². The third-order valence-corrected chi connectivity index (χ3v) is 4.47. The van der Waals surface area contributed by atoms with E-state index in [1.807, 2.05) is 0 Å². The van der Waals surface area contributed by atoms with Gasteiger partial charge in [0.25, 0.3) is 0 Å². The standard InChI is InChI=1S/C17H30N6O.HI/c1-2-18-17(19-9-5-11-24-13-14-7-8-14)20-12-16-22-21-15-6-3-4-10-23(15)16;/h14H,2-13H2,1H3,(H2,18,19,20);1H. The van der Waals surface area contributed by atoms with Gasteiger partial charge in [0.2, 0.25) is 0 Å². The van der Waals surface area contributed by atoms with Gasteiger partial charge in [-0.25, -0.2) is 4.99 Å². The second kappa shape index (κ2) is 10.9. The summed E-state index contributed by atoms with van der Waals surface area (Å²) in [5.41, 5.74) is 0. The Morgan fingerprint density at radius 2 is 2.16 bits per heavy atom. The van der Waals surface area contributed by atoms with Crippen molar-refractivity contribution in [1.29, 1.82) is 0 Å². The fourth-order valence-electron chi connectivity index (χ4n) is 2.89. The molecule has 25 heavy (non-hydrogen) atoms. The number of aliphatic imine (C=N–C) groups is 1. The highest BCUT2D eigenvalue weighted by molar-refractivity contribution is 14.0. The molecule has 1 saturated carbocycles. The van der Waals surface area contributed by atoms with Crippen LogP contribution in [0.3, 0.4) is 0 Å². The predicted octanol–water partition coefficient (Wildman–Crippen LogP) is 2.10. The fraction of sp³-hybridized carbons (Fsp3) is 0.824. The van der Waals surface area contributed by atoms with Crippen molar-refractivity contribution in [2.24, 2.45) is 10.9 Å². The molecule has 0 aromatic carbocycles. The normalized spacial score (nSPS) is 16.9. The number of nitrogens with zero attached hydrogens (tertiary/aromatic N) is 4. The monoisotopic (exact) mass is 462 g/mol. The molecule has 8 heteroatoms. The molecule has 2 heterocycles. The van der Waals surface area contributed by atoms with Gasteiger partial charge in [-0.05, 0) is 44.9 Å². The van der Waals surface area contributed by atoms with E-state index >= 15 is 0 Å². The molecular formula is C17H31IN6O. The minimum absolute atomic E-state index is 0. The Balaban J connectivity index is 0.00000225. The summed E-state index contributed by atoms with van der Waals surface area (Å²) in [6.45, 7) is 7.15. The molecule has 0 spiro atoms. The lowest BCUT2D eigenvalue weighted by Crippen LogP contribution is -2.38. The van der Waals surface area contributed by atoms with E-state index in [0.717, 1.165) is 69.2 Å². The zero-order valence-corrected chi connectivity index (χ0v) is 17.5. The first-order valence-corrected chi connectivity index (χ1v) is 9.37. The Hall–Kier alpha value is -0.900. The third-order valence-electron chi connectivity index (χ3n) is 4.47.